The second-order valence-electron chi connectivity index (χ2n) is 4.30. The largest absolute Gasteiger partial charge is 0.423 e. The lowest BCUT2D eigenvalue weighted by Crippen LogP contribution is -2.22. The maximum absolute atomic E-state index is 5.51. The Balaban J connectivity index is 2.29. The molecule has 78 valence electrons. The Hall–Kier alpha value is -0.603. The molecule has 0 spiro atoms. The van der Waals surface area contributed by atoms with Crippen LogP contribution in [0.15, 0.2) is 30.3 Å². The lowest BCUT2D eigenvalue weighted by Gasteiger charge is -2.23. The van der Waals surface area contributed by atoms with E-state index in [1.807, 2.05) is 0 Å². The highest BCUT2D eigenvalue weighted by Gasteiger charge is 2.14. The average molecular weight is 208 g/mol. The van der Waals surface area contributed by atoms with Crippen molar-refractivity contribution in [2.24, 2.45) is 0 Å². The summed E-state index contributed by atoms with van der Waals surface area (Å²) in [7, 11) is 0.834. The molecule has 0 radical (unpaired) electrons. The summed E-state index contributed by atoms with van der Waals surface area (Å²) in [5.41, 5.74) is 1.51. The third kappa shape index (κ3) is 4.07. The van der Waals surface area contributed by atoms with Gasteiger partial charge in [0.2, 0.25) is 0 Å². The highest BCUT2D eigenvalue weighted by atomic mass is 28.2. The van der Waals surface area contributed by atoms with E-state index in [1.54, 1.807) is 0 Å². The fourth-order valence-electron chi connectivity index (χ4n) is 1.46. The van der Waals surface area contributed by atoms with Crippen LogP contribution in [0.4, 0.5) is 0 Å². The Kier molecular flexibility index (Phi) is 4.36. The molecule has 0 aliphatic carbocycles. The summed E-state index contributed by atoms with van der Waals surface area (Å²) in [6.45, 7) is 4.34. The van der Waals surface area contributed by atoms with Crippen molar-refractivity contribution in [3.63, 3.8) is 0 Å². The molecule has 0 saturated carbocycles. The second-order valence-corrected chi connectivity index (χ2v) is 4.71. The summed E-state index contributed by atoms with van der Waals surface area (Å²) in [4.78, 5) is 0. The van der Waals surface area contributed by atoms with Crippen LogP contribution in [0, 0.1) is 0 Å². The van der Waals surface area contributed by atoms with Crippen LogP contribution in [0.3, 0.4) is 0 Å². The molecule has 0 atom stereocenters. The molecule has 0 saturated heterocycles. The number of benzene rings is 1. The highest BCUT2D eigenvalue weighted by Crippen LogP contribution is 2.16. The minimum absolute atomic E-state index is 0.0843. The monoisotopic (exact) mass is 208 g/mol. The van der Waals surface area contributed by atoms with E-state index in [0.717, 1.165) is 23.3 Å². The van der Waals surface area contributed by atoms with E-state index in [0.29, 0.717) is 0 Å². The zero-order chi connectivity index (χ0) is 10.4. The van der Waals surface area contributed by atoms with Gasteiger partial charge in [0.05, 0.1) is 0 Å². The Bertz CT molecular complexity index is 256. The molecule has 0 amide bonds. The van der Waals surface area contributed by atoms with Crippen LogP contribution in [-0.2, 0) is 10.8 Å². The molecule has 0 aliphatic heterocycles. The minimum atomic E-state index is 0.0843. The van der Waals surface area contributed by atoms with Crippen LogP contribution in [-0.4, -0.2) is 16.1 Å². The van der Waals surface area contributed by atoms with Gasteiger partial charge in [0, 0.05) is 5.60 Å². The molecule has 0 bridgehead atoms. The smallest absolute Gasteiger partial charge is 0.146 e. The van der Waals surface area contributed by atoms with Crippen molar-refractivity contribution in [2.75, 3.05) is 0 Å². The number of hydrogen-bond donors (Lipinski definition) is 0. The predicted octanol–water partition coefficient (Wildman–Crippen LogP) is 2.08. The minimum Gasteiger partial charge on any atom is -0.423 e. The van der Waals surface area contributed by atoms with Crippen molar-refractivity contribution in [3.05, 3.63) is 35.9 Å². The van der Waals surface area contributed by atoms with Crippen LogP contribution < -0.4 is 0 Å². The second kappa shape index (κ2) is 5.32. The van der Waals surface area contributed by atoms with Crippen molar-refractivity contribution in [1.82, 2.24) is 0 Å². The third-order valence-electron chi connectivity index (χ3n) is 2.64. The first-order valence-corrected chi connectivity index (χ1v) is 6.05. The Morgan fingerprint density at radius 2 is 1.86 bits per heavy atom. The van der Waals surface area contributed by atoms with Crippen molar-refractivity contribution in [2.45, 2.75) is 38.7 Å². The van der Waals surface area contributed by atoms with Gasteiger partial charge in [-0.1, -0.05) is 30.3 Å². The van der Waals surface area contributed by atoms with Gasteiger partial charge in [0.15, 0.2) is 0 Å². The summed E-state index contributed by atoms with van der Waals surface area (Å²) >= 11 is 0. The molecule has 0 aliphatic rings. The summed E-state index contributed by atoms with van der Waals surface area (Å²) in [5.74, 6) is 0. The fourth-order valence-corrected chi connectivity index (χ4v) is 1.67. The first kappa shape index (κ1) is 11.5. The molecule has 0 heterocycles. The highest BCUT2D eigenvalue weighted by molar-refractivity contribution is 5.98. The third-order valence-corrected chi connectivity index (χ3v) is 3.74. The van der Waals surface area contributed by atoms with Crippen LogP contribution in [0.2, 0.25) is 0 Å². The van der Waals surface area contributed by atoms with Gasteiger partial charge in [-0.05, 0) is 38.7 Å². The normalized spacial score (nSPS) is 11.9. The first-order chi connectivity index (χ1) is 6.64. The van der Waals surface area contributed by atoms with E-state index in [1.165, 1.54) is 12.0 Å². The maximum Gasteiger partial charge on any atom is 0.146 e. The van der Waals surface area contributed by atoms with E-state index in [9.17, 15) is 0 Å². The van der Waals surface area contributed by atoms with Crippen molar-refractivity contribution in [3.8, 4) is 0 Å². The van der Waals surface area contributed by atoms with E-state index in [-0.39, 0.29) is 5.60 Å². The van der Waals surface area contributed by atoms with Gasteiger partial charge >= 0.3 is 0 Å². The topological polar surface area (TPSA) is 9.23 Å². The average Bonchev–Trinajstić information content (AvgIpc) is 2.19. The van der Waals surface area contributed by atoms with Crippen molar-refractivity contribution in [1.29, 1.82) is 0 Å². The van der Waals surface area contributed by atoms with Gasteiger partial charge in [-0.2, -0.15) is 0 Å². The lowest BCUT2D eigenvalue weighted by molar-refractivity contribution is 0.110. The van der Waals surface area contributed by atoms with Crippen LogP contribution >= 0.6 is 0 Å². The van der Waals surface area contributed by atoms with Crippen LogP contribution in [0.25, 0.3) is 0 Å². The van der Waals surface area contributed by atoms with Gasteiger partial charge in [0.1, 0.15) is 10.5 Å². The summed E-state index contributed by atoms with van der Waals surface area (Å²) in [5, 5.41) is 0. The first-order valence-electron chi connectivity index (χ1n) is 5.23. The van der Waals surface area contributed by atoms with Gasteiger partial charge in [-0.15, -0.1) is 0 Å². The molecule has 0 fully saturated rings. The van der Waals surface area contributed by atoms with Crippen molar-refractivity contribution < 1.29 is 4.43 Å². The molecule has 1 rings (SSSR count). The Morgan fingerprint density at radius 1 is 1.21 bits per heavy atom. The molecule has 0 aromatic heterocycles. The van der Waals surface area contributed by atoms with Gasteiger partial charge in [-0.3, -0.25) is 0 Å². The Labute approximate surface area is 90.0 Å². The quantitative estimate of drug-likeness (QED) is 0.673. The van der Waals surface area contributed by atoms with Gasteiger partial charge in [-0.25, -0.2) is 0 Å². The zero-order valence-electron chi connectivity index (χ0n) is 9.42. The van der Waals surface area contributed by atoms with E-state index in [4.69, 9.17) is 4.43 Å². The molecule has 1 nitrogen and oxygen atoms in total. The summed E-state index contributed by atoms with van der Waals surface area (Å²) in [6, 6.07) is 10.6. The molecular formula is C12H20OSi. The molecule has 14 heavy (non-hydrogen) atoms. The SMILES string of the molecule is CC(C)(CCCc1ccccc1)O[SiH3]. The van der Waals surface area contributed by atoms with Crippen molar-refractivity contribution >= 4 is 10.5 Å². The number of aryl methyl sites for hydroxylation is 1. The molecule has 1 aromatic rings. The maximum atomic E-state index is 5.51. The molecule has 0 unspecified atom stereocenters. The number of hydrogen-bond acceptors (Lipinski definition) is 1. The standard InChI is InChI=1S/C12H20OSi/c1-12(2,13-14)10-6-9-11-7-4-3-5-8-11/h3-5,7-8H,6,9-10H2,1-2,14H3. The lowest BCUT2D eigenvalue weighted by atomic mass is 9.99. The number of rotatable bonds is 5. The van der Waals surface area contributed by atoms with E-state index < -0.39 is 0 Å². The molecule has 0 N–H and O–H groups in total. The van der Waals surface area contributed by atoms with Gasteiger partial charge in [0.25, 0.3) is 0 Å². The molecule has 2 heteroatoms. The van der Waals surface area contributed by atoms with Crippen LogP contribution in [0.5, 0.6) is 0 Å². The van der Waals surface area contributed by atoms with E-state index in [2.05, 4.69) is 44.2 Å². The molecular weight excluding hydrogens is 188 g/mol. The summed E-state index contributed by atoms with van der Waals surface area (Å²) < 4.78 is 5.51. The Morgan fingerprint density at radius 3 is 2.43 bits per heavy atom. The van der Waals surface area contributed by atoms with Gasteiger partial charge < -0.3 is 4.43 Å². The van der Waals surface area contributed by atoms with Crippen LogP contribution in [0.1, 0.15) is 32.3 Å². The summed E-state index contributed by atoms with van der Waals surface area (Å²) in [6.07, 6.45) is 3.51. The fraction of sp³-hybridized carbons (Fsp3) is 0.500. The van der Waals surface area contributed by atoms with E-state index >= 15 is 0 Å². The zero-order valence-corrected chi connectivity index (χ0v) is 11.4. The predicted molar refractivity (Wildman–Crippen MR) is 64.5 cm³/mol. The molecule has 1 aromatic carbocycles.